The molecule has 0 aliphatic rings. The van der Waals surface area contributed by atoms with E-state index in [1.165, 1.54) is 0 Å². The zero-order chi connectivity index (χ0) is 20.0. The van der Waals surface area contributed by atoms with Crippen LogP contribution in [0.1, 0.15) is 48.2 Å². The lowest BCUT2D eigenvalue weighted by Gasteiger charge is -2.21. The van der Waals surface area contributed by atoms with E-state index in [0.717, 1.165) is 18.9 Å². The number of benzene rings is 2. The lowest BCUT2D eigenvalue weighted by Crippen LogP contribution is -2.32. The molecule has 27 heavy (non-hydrogen) atoms. The third-order valence-corrected chi connectivity index (χ3v) is 4.21. The van der Waals surface area contributed by atoms with E-state index in [1.807, 2.05) is 26.0 Å². The van der Waals surface area contributed by atoms with Crippen molar-refractivity contribution in [2.45, 2.75) is 26.7 Å². The number of phenolic OH excluding ortho intramolecular Hbond substituents is 2. The van der Waals surface area contributed by atoms with Gasteiger partial charge in [0.25, 0.3) is 5.91 Å². The van der Waals surface area contributed by atoms with E-state index in [2.05, 4.69) is 0 Å². The van der Waals surface area contributed by atoms with E-state index < -0.39 is 11.5 Å². The Morgan fingerprint density at radius 3 is 2.11 bits per heavy atom. The van der Waals surface area contributed by atoms with Gasteiger partial charge in [-0.1, -0.05) is 26.0 Å². The van der Waals surface area contributed by atoms with Gasteiger partial charge in [-0.05, 0) is 30.5 Å². The highest BCUT2D eigenvalue weighted by atomic mass is 16.3. The van der Waals surface area contributed by atoms with Crippen LogP contribution in [0.4, 0.5) is 0 Å². The third-order valence-electron chi connectivity index (χ3n) is 4.21. The third kappa shape index (κ3) is 4.02. The maximum atomic E-state index is 12.7. The summed E-state index contributed by atoms with van der Waals surface area (Å²) in [6.45, 7) is 5.39. The molecule has 0 bridgehead atoms. The largest absolute Gasteiger partial charge is 0.504 e. The highest BCUT2D eigenvalue weighted by molar-refractivity contribution is 5.95. The summed E-state index contributed by atoms with van der Waals surface area (Å²) in [7, 11) is 0. The van der Waals surface area contributed by atoms with Gasteiger partial charge in [-0.3, -0.25) is 4.79 Å². The first-order valence-electron chi connectivity index (χ1n) is 8.77. The van der Waals surface area contributed by atoms with Gasteiger partial charge in [0.2, 0.25) is 0 Å². The van der Waals surface area contributed by atoms with Gasteiger partial charge in [0.05, 0.1) is 11.6 Å². The quantitative estimate of drug-likeness (QED) is 0.759. The fourth-order valence-electron chi connectivity index (χ4n) is 2.97. The smallest absolute Gasteiger partial charge is 0.253 e. The Morgan fingerprint density at radius 1 is 1.04 bits per heavy atom. The second-order valence-electron chi connectivity index (χ2n) is 6.14. The number of hydrogen-bond acceptors (Lipinski definition) is 5. The van der Waals surface area contributed by atoms with Crippen molar-refractivity contribution in [3.8, 4) is 34.8 Å². The van der Waals surface area contributed by atoms with Gasteiger partial charge in [-0.25, -0.2) is 0 Å². The zero-order valence-electron chi connectivity index (χ0n) is 15.4. The van der Waals surface area contributed by atoms with Crippen LogP contribution in [0, 0.1) is 22.7 Å². The van der Waals surface area contributed by atoms with Crippen LogP contribution in [0.3, 0.4) is 0 Å². The molecular formula is C21H21N3O3. The van der Waals surface area contributed by atoms with E-state index in [4.69, 9.17) is 0 Å². The Hall–Kier alpha value is -3.51. The van der Waals surface area contributed by atoms with Gasteiger partial charge in [-0.15, -0.1) is 0 Å². The molecule has 0 fully saturated rings. The Kier molecular flexibility index (Phi) is 6.41. The maximum Gasteiger partial charge on any atom is 0.253 e. The first-order valence-corrected chi connectivity index (χ1v) is 8.77. The van der Waals surface area contributed by atoms with Gasteiger partial charge >= 0.3 is 0 Å². The van der Waals surface area contributed by atoms with Crippen molar-refractivity contribution >= 4 is 5.91 Å². The summed E-state index contributed by atoms with van der Waals surface area (Å²) >= 11 is 0. The molecule has 0 spiro atoms. The number of carbonyl (C=O) groups is 1. The van der Waals surface area contributed by atoms with E-state index in [0.29, 0.717) is 24.2 Å². The van der Waals surface area contributed by atoms with Crippen molar-refractivity contribution in [1.82, 2.24) is 4.90 Å². The number of rotatable bonds is 6. The summed E-state index contributed by atoms with van der Waals surface area (Å²) in [5.41, 5.74) is 1.14. The van der Waals surface area contributed by atoms with Crippen molar-refractivity contribution in [3.63, 3.8) is 0 Å². The standard InChI is InChI=1S/C21H21N3O3/c1-3-9-24(10-4-2)21(27)15-7-5-14(6-8-15)19-16(12-22)11-18(25)20(26)17(19)13-23/h5-8,11,25-26H,3-4,9-10H2,1-2H3. The van der Waals surface area contributed by atoms with Gasteiger partial charge in [0, 0.05) is 30.3 Å². The summed E-state index contributed by atoms with van der Waals surface area (Å²) in [6.07, 6.45) is 1.74. The van der Waals surface area contributed by atoms with Crippen LogP contribution in [0.15, 0.2) is 30.3 Å². The minimum absolute atomic E-state index is 0.0690. The number of phenols is 2. The molecular weight excluding hydrogens is 342 g/mol. The van der Waals surface area contributed by atoms with Gasteiger partial charge < -0.3 is 15.1 Å². The predicted octanol–water partition coefficient (Wildman–Crippen LogP) is 3.77. The minimum atomic E-state index is -0.566. The zero-order valence-corrected chi connectivity index (χ0v) is 15.4. The van der Waals surface area contributed by atoms with Crippen molar-refractivity contribution in [2.75, 3.05) is 13.1 Å². The first kappa shape index (κ1) is 19.8. The molecule has 0 saturated heterocycles. The van der Waals surface area contributed by atoms with Crippen LogP contribution in [0.25, 0.3) is 11.1 Å². The monoisotopic (exact) mass is 363 g/mol. The minimum Gasteiger partial charge on any atom is -0.504 e. The first-order chi connectivity index (χ1) is 13.0. The molecule has 0 radical (unpaired) electrons. The lowest BCUT2D eigenvalue weighted by atomic mass is 9.93. The Morgan fingerprint density at radius 2 is 1.63 bits per heavy atom. The topological polar surface area (TPSA) is 108 Å². The molecule has 2 aromatic rings. The molecule has 0 unspecified atom stereocenters. The Bertz CT molecular complexity index is 916. The molecule has 138 valence electrons. The molecule has 0 atom stereocenters. The number of nitriles is 2. The summed E-state index contributed by atoms with van der Waals surface area (Å²) in [5, 5.41) is 38.3. The summed E-state index contributed by atoms with van der Waals surface area (Å²) in [5.74, 6) is -1.16. The molecule has 2 N–H and O–H groups in total. The molecule has 0 heterocycles. The van der Waals surface area contributed by atoms with Crippen molar-refractivity contribution in [1.29, 1.82) is 10.5 Å². The fourth-order valence-corrected chi connectivity index (χ4v) is 2.97. The Balaban J connectivity index is 2.47. The Labute approximate surface area is 158 Å². The predicted molar refractivity (Wildman–Crippen MR) is 101 cm³/mol. The van der Waals surface area contributed by atoms with E-state index in [-0.39, 0.29) is 22.6 Å². The summed E-state index contributed by atoms with van der Waals surface area (Å²) in [6, 6.07) is 11.4. The molecule has 0 aliphatic carbocycles. The highest BCUT2D eigenvalue weighted by Gasteiger charge is 2.20. The molecule has 6 heteroatoms. The average Bonchev–Trinajstić information content (AvgIpc) is 2.69. The van der Waals surface area contributed by atoms with Gasteiger partial charge in [0.15, 0.2) is 11.5 Å². The van der Waals surface area contributed by atoms with Crippen LogP contribution in [0.2, 0.25) is 0 Å². The van der Waals surface area contributed by atoms with Crippen LogP contribution in [-0.2, 0) is 0 Å². The molecule has 6 nitrogen and oxygen atoms in total. The number of hydrogen-bond donors (Lipinski definition) is 2. The second kappa shape index (κ2) is 8.73. The molecule has 0 saturated carbocycles. The van der Waals surface area contributed by atoms with Crippen LogP contribution in [0.5, 0.6) is 11.5 Å². The van der Waals surface area contributed by atoms with Crippen LogP contribution in [-0.4, -0.2) is 34.1 Å². The van der Waals surface area contributed by atoms with Crippen LogP contribution >= 0.6 is 0 Å². The molecule has 0 aromatic heterocycles. The maximum absolute atomic E-state index is 12.7. The SMILES string of the molecule is CCCN(CCC)C(=O)c1ccc(-c2c(C#N)cc(O)c(O)c2C#N)cc1. The van der Waals surface area contributed by atoms with E-state index in [1.54, 1.807) is 29.2 Å². The van der Waals surface area contributed by atoms with E-state index in [9.17, 15) is 25.5 Å². The molecule has 0 aliphatic heterocycles. The summed E-state index contributed by atoms with van der Waals surface area (Å²) < 4.78 is 0. The normalized spacial score (nSPS) is 10.1. The highest BCUT2D eigenvalue weighted by Crippen LogP contribution is 2.39. The second-order valence-corrected chi connectivity index (χ2v) is 6.14. The summed E-state index contributed by atoms with van der Waals surface area (Å²) in [4.78, 5) is 14.5. The van der Waals surface area contributed by atoms with Crippen molar-refractivity contribution in [3.05, 3.63) is 47.0 Å². The molecule has 1 amide bonds. The average molecular weight is 363 g/mol. The number of carbonyl (C=O) groups excluding carboxylic acids is 1. The number of nitrogens with zero attached hydrogens (tertiary/aromatic N) is 3. The van der Waals surface area contributed by atoms with Crippen molar-refractivity contribution in [2.24, 2.45) is 0 Å². The molecule has 2 rings (SSSR count). The number of amides is 1. The lowest BCUT2D eigenvalue weighted by molar-refractivity contribution is 0.0755. The van der Waals surface area contributed by atoms with Crippen LogP contribution < -0.4 is 0 Å². The van der Waals surface area contributed by atoms with Gasteiger partial charge in [-0.2, -0.15) is 10.5 Å². The molecule has 2 aromatic carbocycles. The number of aromatic hydroxyl groups is 2. The fraction of sp³-hybridized carbons (Fsp3) is 0.286. The van der Waals surface area contributed by atoms with Gasteiger partial charge in [0.1, 0.15) is 11.6 Å². The van der Waals surface area contributed by atoms with E-state index >= 15 is 0 Å². The van der Waals surface area contributed by atoms with Crippen molar-refractivity contribution < 1.29 is 15.0 Å².